The monoisotopic (exact) mass is 372 g/mol. The Morgan fingerprint density at radius 1 is 0.929 bits per heavy atom. The van der Waals surface area contributed by atoms with Crippen molar-refractivity contribution in [3.05, 3.63) is 77.5 Å². The third kappa shape index (κ3) is 3.72. The van der Waals surface area contributed by atoms with Gasteiger partial charge in [-0.2, -0.15) is 4.98 Å². The Kier molecular flexibility index (Phi) is 4.80. The van der Waals surface area contributed by atoms with Gasteiger partial charge in [-0.15, -0.1) is 0 Å². The molecule has 4 rings (SSSR count). The number of nitrogens with zero attached hydrogens (tertiary/aromatic N) is 3. The van der Waals surface area contributed by atoms with E-state index in [-0.39, 0.29) is 5.54 Å². The van der Waals surface area contributed by atoms with Crippen molar-refractivity contribution in [3.63, 3.8) is 0 Å². The number of hydrogen-bond donors (Lipinski definition) is 1. The van der Waals surface area contributed by atoms with Crippen LogP contribution in [0.2, 0.25) is 0 Å². The summed E-state index contributed by atoms with van der Waals surface area (Å²) in [6.45, 7) is 9.81. The zero-order valence-corrected chi connectivity index (χ0v) is 17.1. The lowest BCUT2D eigenvalue weighted by Crippen LogP contribution is -2.49. The maximum atomic E-state index is 4.91. The van der Waals surface area contributed by atoms with Gasteiger partial charge in [0.1, 0.15) is 5.82 Å². The number of benzene rings is 2. The molecule has 2 aromatic carbocycles. The molecule has 0 fully saturated rings. The summed E-state index contributed by atoms with van der Waals surface area (Å²) in [4.78, 5) is 12.1. The molecule has 4 nitrogen and oxygen atoms in total. The fourth-order valence-corrected chi connectivity index (χ4v) is 3.81. The summed E-state index contributed by atoms with van der Waals surface area (Å²) in [5, 5.41) is 3.38. The van der Waals surface area contributed by atoms with Gasteiger partial charge < -0.3 is 10.2 Å². The number of aromatic nitrogens is 2. The van der Waals surface area contributed by atoms with Crippen LogP contribution in [0.15, 0.2) is 60.7 Å². The van der Waals surface area contributed by atoms with Crippen LogP contribution in [-0.2, 0) is 13.0 Å². The van der Waals surface area contributed by atoms with Crippen molar-refractivity contribution in [2.45, 2.75) is 52.1 Å². The SMILES string of the molecule is CC(C)c1cc(N2Cc3ccccc3CC2(C)C)nc(Nc2ccccc2)n1. The van der Waals surface area contributed by atoms with E-state index in [9.17, 15) is 0 Å². The molecule has 1 aliphatic rings. The third-order valence-electron chi connectivity index (χ3n) is 5.43. The van der Waals surface area contributed by atoms with Crippen molar-refractivity contribution < 1.29 is 0 Å². The smallest absolute Gasteiger partial charge is 0.229 e. The van der Waals surface area contributed by atoms with Gasteiger partial charge in [0.2, 0.25) is 5.95 Å². The average Bonchev–Trinajstić information content (AvgIpc) is 2.67. The topological polar surface area (TPSA) is 41.1 Å². The first kappa shape index (κ1) is 18.5. The summed E-state index contributed by atoms with van der Waals surface area (Å²) >= 11 is 0. The van der Waals surface area contributed by atoms with Crippen molar-refractivity contribution in [2.75, 3.05) is 10.2 Å². The summed E-state index contributed by atoms with van der Waals surface area (Å²) in [5.41, 5.74) is 4.85. The lowest BCUT2D eigenvalue weighted by Gasteiger charge is -2.44. The molecule has 0 unspecified atom stereocenters. The number of rotatable bonds is 4. The zero-order chi connectivity index (χ0) is 19.7. The van der Waals surface area contributed by atoms with Crippen LogP contribution >= 0.6 is 0 Å². The van der Waals surface area contributed by atoms with Crippen molar-refractivity contribution >= 4 is 17.5 Å². The van der Waals surface area contributed by atoms with E-state index in [0.717, 1.165) is 30.2 Å². The van der Waals surface area contributed by atoms with Gasteiger partial charge in [0.05, 0.1) is 5.69 Å². The molecule has 1 N–H and O–H groups in total. The molecule has 28 heavy (non-hydrogen) atoms. The number of nitrogens with one attached hydrogen (secondary N) is 1. The predicted octanol–water partition coefficient (Wildman–Crippen LogP) is 5.68. The van der Waals surface area contributed by atoms with Crippen LogP contribution < -0.4 is 10.2 Å². The molecule has 0 atom stereocenters. The zero-order valence-electron chi connectivity index (χ0n) is 17.1. The van der Waals surface area contributed by atoms with Crippen LogP contribution in [0.1, 0.15) is 50.4 Å². The highest BCUT2D eigenvalue weighted by Gasteiger charge is 2.34. The molecule has 0 spiro atoms. The number of para-hydroxylation sites is 1. The Labute approximate surface area is 167 Å². The highest BCUT2D eigenvalue weighted by atomic mass is 15.3. The van der Waals surface area contributed by atoms with Crippen LogP contribution in [-0.4, -0.2) is 15.5 Å². The molecule has 1 aliphatic heterocycles. The molecular weight excluding hydrogens is 344 g/mol. The molecule has 0 saturated heterocycles. The summed E-state index contributed by atoms with van der Waals surface area (Å²) < 4.78 is 0. The lowest BCUT2D eigenvalue weighted by atomic mass is 9.85. The van der Waals surface area contributed by atoms with E-state index >= 15 is 0 Å². The minimum Gasteiger partial charge on any atom is -0.347 e. The number of anilines is 3. The van der Waals surface area contributed by atoms with E-state index in [2.05, 4.69) is 68.2 Å². The van der Waals surface area contributed by atoms with E-state index in [1.807, 2.05) is 30.3 Å². The Morgan fingerprint density at radius 3 is 2.32 bits per heavy atom. The highest BCUT2D eigenvalue weighted by Crippen LogP contribution is 2.35. The van der Waals surface area contributed by atoms with E-state index in [1.54, 1.807) is 0 Å². The molecule has 0 amide bonds. The Balaban J connectivity index is 1.74. The summed E-state index contributed by atoms with van der Waals surface area (Å²) in [6, 6.07) is 21.0. The second-order valence-corrected chi connectivity index (χ2v) is 8.46. The number of fused-ring (bicyclic) bond motifs is 1. The molecule has 1 aromatic heterocycles. The van der Waals surface area contributed by atoms with Gasteiger partial charge in [-0.05, 0) is 49.4 Å². The van der Waals surface area contributed by atoms with Crippen molar-refractivity contribution in [2.24, 2.45) is 0 Å². The quantitative estimate of drug-likeness (QED) is 0.639. The second-order valence-electron chi connectivity index (χ2n) is 8.46. The fourth-order valence-electron chi connectivity index (χ4n) is 3.81. The van der Waals surface area contributed by atoms with Crippen LogP contribution in [0.5, 0.6) is 0 Å². The normalized spacial score (nSPS) is 15.4. The number of hydrogen-bond acceptors (Lipinski definition) is 4. The summed E-state index contributed by atoms with van der Waals surface area (Å²) in [5.74, 6) is 1.97. The Hall–Kier alpha value is -2.88. The first-order valence-corrected chi connectivity index (χ1v) is 9.98. The van der Waals surface area contributed by atoms with Gasteiger partial charge in [0, 0.05) is 23.8 Å². The van der Waals surface area contributed by atoms with Gasteiger partial charge in [-0.3, -0.25) is 0 Å². The average molecular weight is 373 g/mol. The molecule has 0 bridgehead atoms. The van der Waals surface area contributed by atoms with Crippen molar-refractivity contribution in [3.8, 4) is 0 Å². The third-order valence-corrected chi connectivity index (χ3v) is 5.43. The van der Waals surface area contributed by atoms with Gasteiger partial charge >= 0.3 is 0 Å². The molecular formula is C24H28N4. The van der Waals surface area contributed by atoms with Crippen LogP contribution in [0.25, 0.3) is 0 Å². The van der Waals surface area contributed by atoms with Gasteiger partial charge in [0.15, 0.2) is 0 Å². The summed E-state index contributed by atoms with van der Waals surface area (Å²) in [7, 11) is 0. The Morgan fingerprint density at radius 2 is 1.61 bits per heavy atom. The molecule has 0 saturated carbocycles. The maximum absolute atomic E-state index is 4.91. The van der Waals surface area contributed by atoms with Crippen molar-refractivity contribution in [1.82, 2.24) is 9.97 Å². The fraction of sp³-hybridized carbons (Fsp3) is 0.333. The van der Waals surface area contributed by atoms with Crippen molar-refractivity contribution in [1.29, 1.82) is 0 Å². The highest BCUT2D eigenvalue weighted by molar-refractivity contribution is 5.57. The molecule has 4 heteroatoms. The predicted molar refractivity (Wildman–Crippen MR) is 116 cm³/mol. The minimum atomic E-state index is -0.0129. The first-order valence-electron chi connectivity index (χ1n) is 9.98. The Bertz CT molecular complexity index is 963. The first-order chi connectivity index (χ1) is 13.4. The van der Waals surface area contributed by atoms with Crippen LogP contribution in [0.4, 0.5) is 17.5 Å². The maximum Gasteiger partial charge on any atom is 0.229 e. The van der Waals surface area contributed by atoms with Crippen LogP contribution in [0, 0.1) is 0 Å². The van der Waals surface area contributed by atoms with E-state index < -0.39 is 0 Å². The molecule has 0 radical (unpaired) electrons. The van der Waals surface area contributed by atoms with E-state index in [0.29, 0.717) is 11.9 Å². The largest absolute Gasteiger partial charge is 0.347 e. The summed E-state index contributed by atoms with van der Waals surface area (Å²) in [6.07, 6.45) is 1.01. The molecule has 3 aromatic rings. The molecule has 2 heterocycles. The lowest BCUT2D eigenvalue weighted by molar-refractivity contribution is 0.427. The van der Waals surface area contributed by atoms with E-state index in [1.165, 1.54) is 11.1 Å². The van der Waals surface area contributed by atoms with Gasteiger partial charge in [-0.1, -0.05) is 56.3 Å². The van der Waals surface area contributed by atoms with Gasteiger partial charge in [0.25, 0.3) is 0 Å². The molecule has 0 aliphatic carbocycles. The standard InChI is InChI=1S/C24H28N4/c1-17(2)21-14-22(27-23(26-21)25-20-12-6-5-7-13-20)28-16-19-11-9-8-10-18(19)15-24(28,3)4/h5-14,17H,15-16H2,1-4H3,(H,25,26,27). The second kappa shape index (κ2) is 7.27. The van der Waals surface area contributed by atoms with Gasteiger partial charge in [-0.25, -0.2) is 4.98 Å². The molecule has 144 valence electrons. The minimum absolute atomic E-state index is 0.0129. The van der Waals surface area contributed by atoms with Crippen LogP contribution in [0.3, 0.4) is 0 Å². The van der Waals surface area contributed by atoms with E-state index in [4.69, 9.17) is 9.97 Å².